The zero-order chi connectivity index (χ0) is 20.7. The van der Waals surface area contributed by atoms with Crippen LogP contribution >= 0.6 is 0 Å². The Labute approximate surface area is 174 Å². The van der Waals surface area contributed by atoms with Crippen LogP contribution in [-0.2, 0) is 10.0 Å². The van der Waals surface area contributed by atoms with Crippen molar-refractivity contribution in [1.82, 2.24) is 14.3 Å². The van der Waals surface area contributed by atoms with Crippen molar-refractivity contribution in [3.05, 3.63) is 72.6 Å². The lowest BCUT2D eigenvalue weighted by Gasteiger charge is -2.13. The number of rotatable bonds is 4. The molecule has 1 aliphatic rings. The molecule has 0 bridgehead atoms. The standard InChI is InChI=1S/C23H21N3O3S/c1-29-19-6-7-22-20(13-19)21(16-8-10-24-11-9-16)15-26(22)30(27,28)23-12-17-4-2-3-5-18(17)14-25-23/h2-8,12-15,24H,9-11H2,1H3. The summed E-state index contributed by atoms with van der Waals surface area (Å²) in [5, 5.41) is 5.92. The molecule has 0 spiro atoms. The highest BCUT2D eigenvalue weighted by Gasteiger charge is 2.24. The van der Waals surface area contributed by atoms with Crippen LogP contribution in [0, 0.1) is 0 Å². The maximum atomic E-state index is 13.6. The van der Waals surface area contributed by atoms with E-state index in [0.717, 1.165) is 46.8 Å². The van der Waals surface area contributed by atoms with Gasteiger partial charge in [0, 0.05) is 35.3 Å². The summed E-state index contributed by atoms with van der Waals surface area (Å²) in [6.45, 7) is 1.63. The Morgan fingerprint density at radius 1 is 1.10 bits per heavy atom. The highest BCUT2D eigenvalue weighted by Crippen LogP contribution is 2.34. The van der Waals surface area contributed by atoms with Crippen LogP contribution in [0.25, 0.3) is 27.2 Å². The molecule has 1 N–H and O–H groups in total. The molecule has 30 heavy (non-hydrogen) atoms. The van der Waals surface area contributed by atoms with Gasteiger partial charge in [-0.05, 0) is 48.2 Å². The van der Waals surface area contributed by atoms with Gasteiger partial charge in [-0.15, -0.1) is 0 Å². The monoisotopic (exact) mass is 419 g/mol. The first-order valence-corrected chi connectivity index (χ1v) is 11.2. The summed E-state index contributed by atoms with van der Waals surface area (Å²) in [7, 11) is -2.26. The van der Waals surface area contributed by atoms with Crippen molar-refractivity contribution in [3.63, 3.8) is 0 Å². The van der Waals surface area contributed by atoms with E-state index in [1.54, 1.807) is 37.7 Å². The smallest absolute Gasteiger partial charge is 0.285 e. The minimum absolute atomic E-state index is 0.0276. The Bertz CT molecular complexity index is 1400. The minimum atomic E-state index is -3.87. The fourth-order valence-electron chi connectivity index (χ4n) is 3.93. The first-order chi connectivity index (χ1) is 14.6. The number of nitrogens with one attached hydrogen (secondary N) is 1. The van der Waals surface area contributed by atoms with Gasteiger partial charge in [0.15, 0.2) is 5.03 Å². The van der Waals surface area contributed by atoms with Crippen LogP contribution < -0.4 is 10.1 Å². The average molecular weight is 420 g/mol. The molecular weight excluding hydrogens is 398 g/mol. The number of aromatic nitrogens is 2. The average Bonchev–Trinajstić information content (AvgIpc) is 3.19. The molecule has 7 heteroatoms. The fraction of sp³-hybridized carbons (Fsp3) is 0.174. The zero-order valence-corrected chi connectivity index (χ0v) is 17.3. The number of pyridine rings is 1. The molecular formula is C23H21N3O3S. The Morgan fingerprint density at radius 2 is 1.93 bits per heavy atom. The van der Waals surface area contributed by atoms with Crippen LogP contribution in [0.15, 0.2) is 72.0 Å². The van der Waals surface area contributed by atoms with Crippen molar-refractivity contribution in [2.75, 3.05) is 20.2 Å². The van der Waals surface area contributed by atoms with E-state index in [-0.39, 0.29) is 5.03 Å². The molecule has 0 unspecified atom stereocenters. The number of nitrogens with zero attached hydrogens (tertiary/aromatic N) is 2. The van der Waals surface area contributed by atoms with Gasteiger partial charge >= 0.3 is 0 Å². The molecule has 0 saturated heterocycles. The van der Waals surface area contributed by atoms with Gasteiger partial charge in [-0.25, -0.2) is 8.96 Å². The highest BCUT2D eigenvalue weighted by molar-refractivity contribution is 7.90. The van der Waals surface area contributed by atoms with E-state index in [2.05, 4.69) is 16.4 Å². The van der Waals surface area contributed by atoms with E-state index in [0.29, 0.717) is 11.3 Å². The Balaban J connectivity index is 1.73. The van der Waals surface area contributed by atoms with Crippen LogP contribution in [0.2, 0.25) is 0 Å². The summed E-state index contributed by atoms with van der Waals surface area (Å²) in [6, 6.07) is 14.7. The third kappa shape index (κ3) is 3.07. The summed E-state index contributed by atoms with van der Waals surface area (Å²) in [5.74, 6) is 0.692. The second-order valence-electron chi connectivity index (χ2n) is 7.28. The third-order valence-electron chi connectivity index (χ3n) is 5.52. The van der Waals surface area contributed by atoms with E-state index in [1.165, 1.54) is 3.97 Å². The first kappa shape index (κ1) is 18.8. The normalized spacial score (nSPS) is 14.8. The molecule has 0 radical (unpaired) electrons. The van der Waals surface area contributed by atoms with E-state index in [1.807, 2.05) is 30.3 Å². The molecule has 0 aliphatic carbocycles. The number of hydrogen-bond acceptors (Lipinski definition) is 5. The number of fused-ring (bicyclic) bond motifs is 2. The predicted octanol–water partition coefficient (Wildman–Crippen LogP) is 3.81. The summed E-state index contributed by atoms with van der Waals surface area (Å²) in [6.07, 6.45) is 6.27. The van der Waals surface area contributed by atoms with Gasteiger partial charge in [0.25, 0.3) is 10.0 Å². The van der Waals surface area contributed by atoms with E-state index in [9.17, 15) is 8.42 Å². The third-order valence-corrected chi connectivity index (χ3v) is 7.09. The SMILES string of the molecule is COc1ccc2c(c1)c(C1=CCNCC1)cn2S(=O)(=O)c1cc2ccccc2cn1. The zero-order valence-electron chi connectivity index (χ0n) is 16.5. The molecule has 0 amide bonds. The predicted molar refractivity (Wildman–Crippen MR) is 118 cm³/mol. The largest absolute Gasteiger partial charge is 0.497 e. The summed E-state index contributed by atoms with van der Waals surface area (Å²) in [4.78, 5) is 4.26. The van der Waals surface area contributed by atoms with Crippen LogP contribution in [0.3, 0.4) is 0 Å². The van der Waals surface area contributed by atoms with Gasteiger partial charge < -0.3 is 10.1 Å². The number of benzene rings is 2. The molecule has 4 aromatic rings. The van der Waals surface area contributed by atoms with Crippen molar-refractivity contribution in [3.8, 4) is 5.75 Å². The summed E-state index contributed by atoms with van der Waals surface area (Å²) >= 11 is 0. The van der Waals surface area contributed by atoms with Crippen LogP contribution in [0.5, 0.6) is 5.75 Å². The quantitative estimate of drug-likeness (QED) is 0.545. The molecule has 0 atom stereocenters. The van der Waals surface area contributed by atoms with Gasteiger partial charge in [0.2, 0.25) is 0 Å². The Hall–Kier alpha value is -3.16. The van der Waals surface area contributed by atoms with Crippen molar-refractivity contribution in [2.24, 2.45) is 0 Å². The topological polar surface area (TPSA) is 73.2 Å². The second kappa shape index (κ2) is 7.27. The molecule has 152 valence electrons. The van der Waals surface area contributed by atoms with Gasteiger partial charge in [0.05, 0.1) is 12.6 Å². The Kier molecular flexibility index (Phi) is 4.56. The molecule has 2 aromatic heterocycles. The molecule has 5 rings (SSSR count). The van der Waals surface area contributed by atoms with Crippen molar-refractivity contribution in [2.45, 2.75) is 11.4 Å². The number of methoxy groups -OCH3 is 1. The molecule has 2 aromatic carbocycles. The fourth-order valence-corrected chi connectivity index (χ4v) is 5.26. The van der Waals surface area contributed by atoms with Gasteiger partial charge in [-0.3, -0.25) is 0 Å². The number of hydrogen-bond donors (Lipinski definition) is 1. The summed E-state index contributed by atoms with van der Waals surface area (Å²) in [5.41, 5.74) is 2.65. The van der Waals surface area contributed by atoms with Crippen molar-refractivity contribution in [1.29, 1.82) is 0 Å². The lowest BCUT2D eigenvalue weighted by atomic mass is 10.00. The highest BCUT2D eigenvalue weighted by atomic mass is 32.2. The maximum Gasteiger partial charge on any atom is 0.285 e. The van der Waals surface area contributed by atoms with Crippen LogP contribution in [0.4, 0.5) is 0 Å². The molecule has 1 aliphatic heterocycles. The second-order valence-corrected chi connectivity index (χ2v) is 9.04. The lowest BCUT2D eigenvalue weighted by Crippen LogP contribution is -2.20. The molecule has 6 nitrogen and oxygen atoms in total. The van der Waals surface area contributed by atoms with Gasteiger partial charge in [-0.2, -0.15) is 8.42 Å². The molecule has 3 heterocycles. The number of ether oxygens (including phenoxy) is 1. The van der Waals surface area contributed by atoms with Crippen LogP contribution in [0.1, 0.15) is 12.0 Å². The maximum absolute atomic E-state index is 13.6. The van der Waals surface area contributed by atoms with Crippen LogP contribution in [-0.4, -0.2) is 37.6 Å². The molecule has 0 fully saturated rings. The lowest BCUT2D eigenvalue weighted by molar-refractivity contribution is 0.415. The van der Waals surface area contributed by atoms with Crippen molar-refractivity contribution < 1.29 is 13.2 Å². The van der Waals surface area contributed by atoms with Gasteiger partial charge in [0.1, 0.15) is 5.75 Å². The minimum Gasteiger partial charge on any atom is -0.497 e. The van der Waals surface area contributed by atoms with E-state index < -0.39 is 10.0 Å². The van der Waals surface area contributed by atoms with Crippen molar-refractivity contribution >= 4 is 37.3 Å². The Morgan fingerprint density at radius 3 is 2.70 bits per heavy atom. The van der Waals surface area contributed by atoms with E-state index >= 15 is 0 Å². The van der Waals surface area contributed by atoms with E-state index in [4.69, 9.17) is 4.74 Å². The van der Waals surface area contributed by atoms with Gasteiger partial charge in [-0.1, -0.05) is 30.3 Å². The first-order valence-electron chi connectivity index (χ1n) is 9.77. The summed E-state index contributed by atoms with van der Waals surface area (Å²) < 4.78 is 33.9. The molecule has 0 saturated carbocycles.